The van der Waals surface area contributed by atoms with E-state index in [1.165, 1.54) is 11.1 Å². The van der Waals surface area contributed by atoms with Crippen molar-refractivity contribution in [2.45, 2.75) is 191 Å². The van der Waals surface area contributed by atoms with Crippen molar-refractivity contribution in [2.75, 3.05) is 6.61 Å². The minimum Gasteiger partial charge on any atom is -0.396 e. The second-order valence-corrected chi connectivity index (χ2v) is 17.4. The van der Waals surface area contributed by atoms with Crippen LogP contribution in [0.2, 0.25) is 0 Å². The van der Waals surface area contributed by atoms with Crippen LogP contribution >= 0.6 is 0 Å². The molecule has 282 valence electrons. The summed E-state index contributed by atoms with van der Waals surface area (Å²) in [4.78, 5) is 0. The van der Waals surface area contributed by atoms with Crippen molar-refractivity contribution >= 4 is 0 Å². The van der Waals surface area contributed by atoms with Gasteiger partial charge in [0, 0.05) is 31.8 Å². The highest BCUT2D eigenvalue weighted by Crippen LogP contribution is 2.54. The molecule has 8 heteroatoms. The molecule has 8 nitrogen and oxygen atoms in total. The lowest BCUT2D eigenvalue weighted by Crippen LogP contribution is -2.54. The van der Waals surface area contributed by atoms with E-state index < -0.39 is 5.79 Å². The summed E-state index contributed by atoms with van der Waals surface area (Å²) in [7, 11) is 0. The Balaban J connectivity index is 0.911. The van der Waals surface area contributed by atoms with Crippen molar-refractivity contribution in [2.24, 2.45) is 29.6 Å². The Kier molecular flexibility index (Phi) is 11.4. The van der Waals surface area contributed by atoms with Crippen LogP contribution in [0.15, 0.2) is 37.0 Å². The lowest BCUT2D eigenvalue weighted by Gasteiger charge is -2.42. The van der Waals surface area contributed by atoms with E-state index in [1.54, 1.807) is 0 Å². The number of aliphatic hydroxyl groups excluding tert-OH is 1. The predicted octanol–water partition coefficient (Wildman–Crippen LogP) is 7.47. The number of hydrogen-bond acceptors (Lipinski definition) is 8. The monoisotopic (exact) mass is 698 g/mol. The summed E-state index contributed by atoms with van der Waals surface area (Å²) in [5.41, 5.74) is 2.38. The van der Waals surface area contributed by atoms with E-state index in [0.717, 1.165) is 77.0 Å². The molecule has 8 fully saturated rings. The largest absolute Gasteiger partial charge is 0.396 e. The summed E-state index contributed by atoms with van der Waals surface area (Å²) < 4.78 is 46.8. The normalized spacial score (nSPS) is 48.8. The molecule has 0 aromatic heterocycles. The molecule has 8 rings (SSSR count). The van der Waals surface area contributed by atoms with Gasteiger partial charge in [0.25, 0.3) is 0 Å². The third kappa shape index (κ3) is 7.23. The number of ether oxygens (including phenoxy) is 7. The Morgan fingerprint density at radius 3 is 2.36 bits per heavy atom. The highest BCUT2D eigenvalue weighted by molar-refractivity contribution is 5.14. The van der Waals surface area contributed by atoms with Crippen molar-refractivity contribution in [3.05, 3.63) is 37.0 Å². The van der Waals surface area contributed by atoms with E-state index in [9.17, 15) is 5.11 Å². The second kappa shape index (κ2) is 15.3. The fourth-order valence-electron chi connectivity index (χ4n) is 10.6. The topological polar surface area (TPSA) is 84.8 Å². The zero-order valence-electron chi connectivity index (χ0n) is 31.5. The molecule has 18 atom stereocenters. The van der Waals surface area contributed by atoms with Gasteiger partial charge in [0.05, 0.1) is 54.9 Å². The van der Waals surface area contributed by atoms with Crippen molar-refractivity contribution in [3.63, 3.8) is 0 Å². The first kappa shape index (κ1) is 37.2. The van der Waals surface area contributed by atoms with E-state index in [1.807, 2.05) is 6.08 Å². The average Bonchev–Trinajstić information content (AvgIpc) is 3.75. The van der Waals surface area contributed by atoms with Crippen molar-refractivity contribution < 1.29 is 38.3 Å². The number of hydrogen-bond donors (Lipinski definition) is 1. The molecular weight excluding hydrogens is 632 g/mol. The smallest absolute Gasteiger partial charge is 0.172 e. The molecule has 1 N–H and O–H groups in total. The van der Waals surface area contributed by atoms with Crippen molar-refractivity contribution in [3.8, 4) is 0 Å². The summed E-state index contributed by atoms with van der Waals surface area (Å²) in [6, 6.07) is 0. The van der Waals surface area contributed by atoms with E-state index >= 15 is 0 Å². The van der Waals surface area contributed by atoms with Crippen molar-refractivity contribution in [1.29, 1.82) is 0 Å². The summed E-state index contributed by atoms with van der Waals surface area (Å²) in [5.74, 6) is 1.39. The first-order chi connectivity index (χ1) is 24.0. The van der Waals surface area contributed by atoms with E-state index in [0.29, 0.717) is 23.7 Å². The Morgan fingerprint density at radius 2 is 1.60 bits per heavy atom. The van der Waals surface area contributed by atoms with Crippen molar-refractivity contribution in [1.82, 2.24) is 0 Å². The number of rotatable bonds is 15. The molecule has 2 unspecified atom stereocenters. The molecule has 0 radical (unpaired) electrons. The molecular formula is C42H66O8. The molecule has 0 saturated carbocycles. The molecule has 0 spiro atoms. The molecule has 0 amide bonds. The maximum Gasteiger partial charge on any atom is 0.172 e. The highest BCUT2D eigenvalue weighted by atomic mass is 16.8. The van der Waals surface area contributed by atoms with E-state index in [4.69, 9.17) is 33.2 Å². The van der Waals surface area contributed by atoms with Gasteiger partial charge in [0.1, 0.15) is 18.3 Å². The van der Waals surface area contributed by atoms with Crippen LogP contribution in [-0.2, 0) is 33.2 Å². The van der Waals surface area contributed by atoms with Gasteiger partial charge < -0.3 is 38.3 Å². The molecule has 50 heavy (non-hydrogen) atoms. The summed E-state index contributed by atoms with van der Waals surface area (Å²) in [5, 5.41) is 9.90. The molecule has 8 aliphatic heterocycles. The summed E-state index contributed by atoms with van der Waals surface area (Å²) in [6.45, 7) is 24.5. The minimum absolute atomic E-state index is 0.0197. The Morgan fingerprint density at radius 1 is 0.840 bits per heavy atom. The maximum atomic E-state index is 9.90. The molecule has 0 aromatic rings. The average molecular weight is 699 g/mol. The fraction of sp³-hybridized carbons (Fsp3) is 0.857. The van der Waals surface area contributed by atoms with Crippen LogP contribution in [0.3, 0.4) is 0 Å². The summed E-state index contributed by atoms with van der Waals surface area (Å²) in [6.07, 6.45) is 13.3. The zero-order valence-corrected chi connectivity index (χ0v) is 31.5. The van der Waals surface area contributed by atoms with Gasteiger partial charge in [-0.3, -0.25) is 0 Å². The zero-order chi connectivity index (χ0) is 35.3. The Bertz CT molecular complexity index is 1220. The van der Waals surface area contributed by atoms with Crippen LogP contribution in [0.25, 0.3) is 0 Å². The van der Waals surface area contributed by atoms with Crippen LogP contribution in [0.1, 0.15) is 112 Å². The quantitative estimate of drug-likeness (QED) is 0.177. The molecule has 6 bridgehead atoms. The third-order valence-electron chi connectivity index (χ3n) is 14.0. The molecule has 8 aliphatic rings. The van der Waals surface area contributed by atoms with Gasteiger partial charge in [-0.15, -0.1) is 6.58 Å². The molecule has 0 aliphatic carbocycles. The third-order valence-corrected chi connectivity index (χ3v) is 14.0. The SMILES string of the molecule is C=CC[C@@H]1O[C@@H]2[C@H]3O[C@@H]4C[C@@](CC[C@H]5CC(=C)C(CC[C@H]6C[C@@H](C)C(=C)[C@@H](CC7O[C@H](C[C@H](C)CC)[C@H](C)[C@H]7CCO)O6)O5)(O[C@H]24)O[C@H]3[C@H]1C. The maximum absolute atomic E-state index is 9.90. The van der Waals surface area contributed by atoms with Gasteiger partial charge in [0.2, 0.25) is 0 Å². The van der Waals surface area contributed by atoms with Gasteiger partial charge >= 0.3 is 0 Å². The predicted molar refractivity (Wildman–Crippen MR) is 193 cm³/mol. The van der Waals surface area contributed by atoms with Gasteiger partial charge in [-0.2, -0.15) is 0 Å². The van der Waals surface area contributed by atoms with Crippen LogP contribution in [0, 0.1) is 29.6 Å². The Hall–Kier alpha value is -1.10. The van der Waals surface area contributed by atoms with Gasteiger partial charge in [-0.25, -0.2) is 0 Å². The van der Waals surface area contributed by atoms with E-state index in [-0.39, 0.29) is 85.8 Å². The van der Waals surface area contributed by atoms with Crippen LogP contribution in [0.4, 0.5) is 0 Å². The van der Waals surface area contributed by atoms with E-state index in [2.05, 4.69) is 54.4 Å². The minimum atomic E-state index is -0.637. The molecule has 8 heterocycles. The van der Waals surface area contributed by atoms with Crippen LogP contribution < -0.4 is 0 Å². The highest BCUT2D eigenvalue weighted by Gasteiger charge is 2.67. The van der Waals surface area contributed by atoms with Gasteiger partial charge in [-0.05, 0) is 86.2 Å². The molecule has 8 saturated heterocycles. The summed E-state index contributed by atoms with van der Waals surface area (Å²) >= 11 is 0. The number of aliphatic hydroxyl groups is 1. The lowest BCUT2D eigenvalue weighted by molar-refractivity contribution is -0.262. The first-order valence-electron chi connectivity index (χ1n) is 20.2. The fourth-order valence-corrected chi connectivity index (χ4v) is 10.6. The van der Waals surface area contributed by atoms with Crippen LogP contribution in [-0.4, -0.2) is 90.7 Å². The second-order valence-electron chi connectivity index (χ2n) is 17.4. The Labute approximate surface area is 301 Å². The van der Waals surface area contributed by atoms with Gasteiger partial charge in [0.15, 0.2) is 5.79 Å². The van der Waals surface area contributed by atoms with Gasteiger partial charge in [-0.1, -0.05) is 60.3 Å². The van der Waals surface area contributed by atoms with Crippen LogP contribution in [0.5, 0.6) is 0 Å². The molecule has 0 aromatic carbocycles. The first-order valence-corrected chi connectivity index (χ1v) is 20.2. The standard InChI is InChI=1S/C42H66O8/c1-9-11-33-28(8)38-40-41(47-33)39-37(48-40)22-42(49-38,50-39)16-14-30-20-25(5)32(44-30)13-12-29-19-24(4)26(6)35(45-29)21-36-31(15-17-43)27(7)34(46-36)18-23(3)10-2/h9,23-24,27-41,43H,1,5-6,10-22H2,2-4,7-8H3/t23-,24-,27-,28+,29+,30+,31-,32?,33+,34-,35-,36?,37-,38+,39+,40+,41+,42-/m1/s1. The lowest BCUT2D eigenvalue weighted by atomic mass is 9.79.